The van der Waals surface area contributed by atoms with Gasteiger partial charge in [0.1, 0.15) is 31.7 Å². The molecule has 9 heteroatoms. The molecule has 0 heterocycles. The van der Waals surface area contributed by atoms with Crippen LogP contribution in [0, 0.1) is 10.1 Å². The Balaban J connectivity index is 2.28. The van der Waals surface area contributed by atoms with Crippen LogP contribution in [0.4, 0.5) is 0 Å². The number of nitrogens with one attached hydrogen (secondary N) is 1. The number of benzene rings is 1. The van der Waals surface area contributed by atoms with Crippen LogP contribution in [-0.2, 0) is 20.8 Å². The van der Waals surface area contributed by atoms with Crippen LogP contribution in [0.25, 0.3) is 0 Å². The van der Waals surface area contributed by atoms with Gasteiger partial charge in [-0.1, -0.05) is 26.0 Å². The standard InChI is InChI=1S/C16H24N2O7/c1-12(2)17-10-14(19)11-24-15-5-3-13(4-6-15)9-16(20)23-7-8-25-18(21)22/h3-6,12,14,17,19H,7-11H2,1-2H3. The van der Waals surface area contributed by atoms with Gasteiger partial charge in [0, 0.05) is 12.6 Å². The lowest BCUT2D eigenvalue weighted by atomic mass is 10.1. The van der Waals surface area contributed by atoms with Crippen molar-refractivity contribution >= 4 is 5.97 Å². The van der Waals surface area contributed by atoms with Gasteiger partial charge in [0.05, 0.1) is 6.42 Å². The molecule has 9 nitrogen and oxygen atoms in total. The largest absolute Gasteiger partial charge is 0.491 e. The fourth-order valence-electron chi connectivity index (χ4n) is 1.81. The summed E-state index contributed by atoms with van der Waals surface area (Å²) < 4.78 is 10.3. The number of esters is 1. The molecule has 0 fully saturated rings. The summed E-state index contributed by atoms with van der Waals surface area (Å²) in [7, 11) is 0. The lowest BCUT2D eigenvalue weighted by molar-refractivity contribution is -0.757. The van der Waals surface area contributed by atoms with Gasteiger partial charge in [-0.15, -0.1) is 10.1 Å². The quantitative estimate of drug-likeness (QED) is 0.243. The number of nitrogens with zero attached hydrogens (tertiary/aromatic N) is 1. The molecule has 0 saturated heterocycles. The predicted octanol–water partition coefficient (Wildman–Crippen LogP) is 0.718. The van der Waals surface area contributed by atoms with Crippen molar-refractivity contribution in [2.45, 2.75) is 32.4 Å². The number of carbonyl (C=O) groups is 1. The van der Waals surface area contributed by atoms with Crippen LogP contribution in [0.1, 0.15) is 19.4 Å². The summed E-state index contributed by atoms with van der Waals surface area (Å²) in [6, 6.07) is 7.10. The van der Waals surface area contributed by atoms with Gasteiger partial charge >= 0.3 is 5.97 Å². The molecule has 1 atom stereocenters. The van der Waals surface area contributed by atoms with Crippen LogP contribution in [0.3, 0.4) is 0 Å². The lowest BCUT2D eigenvalue weighted by Gasteiger charge is -2.15. The number of ether oxygens (including phenoxy) is 2. The van der Waals surface area contributed by atoms with E-state index < -0.39 is 17.2 Å². The molecule has 1 unspecified atom stereocenters. The molecule has 0 saturated carbocycles. The third-order valence-electron chi connectivity index (χ3n) is 3.02. The maximum atomic E-state index is 11.6. The van der Waals surface area contributed by atoms with Crippen LogP contribution >= 0.6 is 0 Å². The second kappa shape index (κ2) is 11.2. The van der Waals surface area contributed by atoms with E-state index in [2.05, 4.69) is 10.2 Å². The molecule has 1 rings (SSSR count). The van der Waals surface area contributed by atoms with Gasteiger partial charge in [0.15, 0.2) is 0 Å². The summed E-state index contributed by atoms with van der Waals surface area (Å²) in [5.74, 6) is 0.0795. The highest BCUT2D eigenvalue weighted by Crippen LogP contribution is 2.13. The van der Waals surface area contributed by atoms with Crippen molar-refractivity contribution in [3.63, 3.8) is 0 Å². The van der Waals surface area contributed by atoms with Crippen molar-refractivity contribution in [3.8, 4) is 5.75 Å². The zero-order chi connectivity index (χ0) is 18.7. The second-order valence-electron chi connectivity index (χ2n) is 5.63. The first-order chi connectivity index (χ1) is 11.9. The lowest BCUT2D eigenvalue weighted by Crippen LogP contribution is -2.35. The van der Waals surface area contributed by atoms with Crippen molar-refractivity contribution in [2.24, 2.45) is 0 Å². The van der Waals surface area contributed by atoms with Gasteiger partial charge in [0.25, 0.3) is 5.09 Å². The first-order valence-corrected chi connectivity index (χ1v) is 7.93. The van der Waals surface area contributed by atoms with E-state index >= 15 is 0 Å². The summed E-state index contributed by atoms with van der Waals surface area (Å²) in [4.78, 5) is 25.5. The number of aliphatic hydroxyl groups excluding tert-OH is 1. The summed E-state index contributed by atoms with van der Waals surface area (Å²) >= 11 is 0. The Morgan fingerprint density at radius 1 is 1.28 bits per heavy atom. The molecule has 0 spiro atoms. The van der Waals surface area contributed by atoms with Gasteiger partial charge in [-0.25, -0.2) is 0 Å². The fraction of sp³-hybridized carbons (Fsp3) is 0.562. The van der Waals surface area contributed by atoms with E-state index in [0.29, 0.717) is 18.3 Å². The van der Waals surface area contributed by atoms with Crippen LogP contribution in [0.5, 0.6) is 5.75 Å². The van der Waals surface area contributed by atoms with Crippen LogP contribution in [0.2, 0.25) is 0 Å². The van der Waals surface area contributed by atoms with Crippen molar-refractivity contribution in [1.82, 2.24) is 5.32 Å². The minimum atomic E-state index is -0.942. The van der Waals surface area contributed by atoms with Gasteiger partial charge in [-0.2, -0.15) is 0 Å². The summed E-state index contributed by atoms with van der Waals surface area (Å²) in [6.07, 6.45) is -0.571. The Morgan fingerprint density at radius 3 is 2.56 bits per heavy atom. The summed E-state index contributed by atoms with van der Waals surface area (Å²) in [6.45, 7) is 4.13. The van der Waals surface area contributed by atoms with Crippen LogP contribution in [-0.4, -0.2) is 54.7 Å². The Kier molecular flexibility index (Phi) is 9.26. The molecular formula is C16H24N2O7. The summed E-state index contributed by atoms with van der Waals surface area (Å²) in [5.41, 5.74) is 0.717. The fourth-order valence-corrected chi connectivity index (χ4v) is 1.81. The highest BCUT2D eigenvalue weighted by Gasteiger charge is 2.08. The molecular weight excluding hydrogens is 332 g/mol. The average Bonchev–Trinajstić information content (AvgIpc) is 2.56. The van der Waals surface area contributed by atoms with Gasteiger partial charge in [-0.3, -0.25) is 4.79 Å². The highest BCUT2D eigenvalue weighted by molar-refractivity contribution is 5.72. The zero-order valence-electron chi connectivity index (χ0n) is 14.3. The van der Waals surface area contributed by atoms with Gasteiger partial charge < -0.3 is 24.7 Å². The van der Waals surface area contributed by atoms with Crippen molar-refractivity contribution in [2.75, 3.05) is 26.4 Å². The maximum Gasteiger partial charge on any atom is 0.310 e. The van der Waals surface area contributed by atoms with E-state index in [1.807, 2.05) is 13.8 Å². The molecule has 0 bridgehead atoms. The molecule has 2 N–H and O–H groups in total. The van der Waals surface area contributed by atoms with E-state index in [-0.39, 0.29) is 26.2 Å². The van der Waals surface area contributed by atoms with Gasteiger partial charge in [0.2, 0.25) is 0 Å². The summed E-state index contributed by atoms with van der Waals surface area (Å²) in [5, 5.41) is 21.9. The molecule has 0 aliphatic carbocycles. The first-order valence-electron chi connectivity index (χ1n) is 7.93. The van der Waals surface area contributed by atoms with Gasteiger partial charge in [-0.05, 0) is 17.7 Å². The third-order valence-corrected chi connectivity index (χ3v) is 3.02. The number of hydrogen-bond donors (Lipinski definition) is 2. The molecule has 0 aliphatic rings. The average molecular weight is 356 g/mol. The molecule has 1 aromatic carbocycles. The molecule has 25 heavy (non-hydrogen) atoms. The minimum absolute atomic E-state index is 0.0413. The zero-order valence-corrected chi connectivity index (χ0v) is 14.3. The number of aliphatic hydroxyl groups is 1. The molecule has 0 radical (unpaired) electrons. The van der Waals surface area contributed by atoms with E-state index in [0.717, 1.165) is 5.56 Å². The highest BCUT2D eigenvalue weighted by atomic mass is 17.0. The minimum Gasteiger partial charge on any atom is -0.491 e. The number of carbonyl (C=O) groups excluding carboxylic acids is 1. The van der Waals surface area contributed by atoms with Crippen molar-refractivity contribution in [1.29, 1.82) is 0 Å². The van der Waals surface area contributed by atoms with Crippen molar-refractivity contribution in [3.05, 3.63) is 39.9 Å². The van der Waals surface area contributed by atoms with Crippen LogP contribution < -0.4 is 10.1 Å². The molecule has 1 aromatic rings. The normalized spacial score (nSPS) is 11.8. The Bertz CT molecular complexity index is 534. The Morgan fingerprint density at radius 2 is 1.96 bits per heavy atom. The Labute approximate surface area is 146 Å². The van der Waals surface area contributed by atoms with Crippen LogP contribution in [0.15, 0.2) is 24.3 Å². The smallest absolute Gasteiger partial charge is 0.310 e. The molecule has 140 valence electrons. The SMILES string of the molecule is CC(C)NCC(O)COc1ccc(CC(=O)OCCO[N+](=O)[O-])cc1. The molecule has 0 amide bonds. The Hall–Kier alpha value is -2.39. The predicted molar refractivity (Wildman–Crippen MR) is 88.7 cm³/mol. The second-order valence-corrected chi connectivity index (χ2v) is 5.63. The van der Waals surface area contributed by atoms with Crippen molar-refractivity contribution < 1.29 is 29.3 Å². The monoisotopic (exact) mass is 356 g/mol. The topological polar surface area (TPSA) is 120 Å². The number of hydrogen-bond acceptors (Lipinski definition) is 8. The number of rotatable bonds is 12. The first kappa shape index (κ1) is 20.7. The van der Waals surface area contributed by atoms with E-state index in [1.165, 1.54) is 0 Å². The molecule has 0 aromatic heterocycles. The molecule has 0 aliphatic heterocycles. The van der Waals surface area contributed by atoms with E-state index in [1.54, 1.807) is 24.3 Å². The van der Waals surface area contributed by atoms with E-state index in [4.69, 9.17) is 9.47 Å². The maximum absolute atomic E-state index is 11.6. The third kappa shape index (κ3) is 10.2. The van der Waals surface area contributed by atoms with E-state index in [9.17, 15) is 20.0 Å².